The lowest BCUT2D eigenvalue weighted by molar-refractivity contribution is -0.118. The van der Waals surface area contributed by atoms with Crippen LogP contribution in [0, 0.1) is 41.4 Å². The molecule has 1 aliphatic carbocycles. The molecular formula is C28H26N2O3. The van der Waals surface area contributed by atoms with Crippen molar-refractivity contribution in [2.75, 3.05) is 0 Å². The summed E-state index contributed by atoms with van der Waals surface area (Å²) >= 11 is 0. The molecule has 2 heterocycles. The maximum Gasteiger partial charge on any atom is 0.173 e. The van der Waals surface area contributed by atoms with Crippen molar-refractivity contribution in [3.63, 3.8) is 0 Å². The topological polar surface area (TPSA) is 94.1 Å². The van der Waals surface area contributed by atoms with E-state index in [2.05, 4.69) is 45.0 Å². The van der Waals surface area contributed by atoms with Gasteiger partial charge in [0, 0.05) is 5.92 Å². The summed E-state index contributed by atoms with van der Waals surface area (Å²) in [4.78, 5) is 13.7. The molecule has 1 N–H and O–H groups in total. The summed E-state index contributed by atoms with van der Waals surface area (Å²) < 4.78 is 6.23. The van der Waals surface area contributed by atoms with Crippen LogP contribution in [0.3, 0.4) is 0 Å². The van der Waals surface area contributed by atoms with E-state index in [1.165, 1.54) is 0 Å². The zero-order valence-electron chi connectivity index (χ0n) is 19.1. The number of aryl methyl sites for hydroxylation is 3. The second kappa shape index (κ2) is 7.87. The average Bonchev–Trinajstić information content (AvgIpc) is 3.49. The molecule has 0 saturated carbocycles. The smallest absolute Gasteiger partial charge is 0.173 e. The predicted octanol–water partition coefficient (Wildman–Crippen LogP) is 4.90. The molecule has 5 nitrogen and oxygen atoms in total. The lowest BCUT2D eigenvalue weighted by Crippen LogP contribution is -2.33. The normalized spacial score (nSPS) is 27.5. The van der Waals surface area contributed by atoms with E-state index in [4.69, 9.17) is 4.74 Å². The van der Waals surface area contributed by atoms with Crippen molar-refractivity contribution in [2.45, 2.75) is 58.2 Å². The standard InChI is InChI=1S/C28H26N2O3/c1-4-15-8-14(3)9-16(5-2)22(15)24-26(31)23-21-11-20(28(33-21)25(23)27(24)32)17-6-7-18(12-29)19(10-17)13-30/h6-10,20-21,23,25,28,32H,4-5,11H2,1-3H3/t20-,21?,23-,25+,28+/m0/s1. The summed E-state index contributed by atoms with van der Waals surface area (Å²) in [5, 5.41) is 30.1. The fraction of sp³-hybridized carbons (Fsp3) is 0.393. The van der Waals surface area contributed by atoms with Crippen LogP contribution < -0.4 is 0 Å². The Hall–Kier alpha value is -3.41. The molecule has 0 radical (unpaired) electrons. The van der Waals surface area contributed by atoms with Gasteiger partial charge >= 0.3 is 0 Å². The number of aliphatic hydroxyl groups is 1. The lowest BCUT2D eigenvalue weighted by Gasteiger charge is -2.28. The maximum atomic E-state index is 13.7. The zero-order valence-corrected chi connectivity index (χ0v) is 19.1. The highest BCUT2D eigenvalue weighted by Gasteiger charge is 2.62. The molecule has 2 fully saturated rings. The molecule has 5 atom stereocenters. The van der Waals surface area contributed by atoms with E-state index in [0.29, 0.717) is 23.1 Å². The first-order chi connectivity index (χ1) is 15.9. The number of Topliss-reactive ketones (excluding diaryl/α,β-unsaturated/α-hetero) is 1. The highest BCUT2D eigenvalue weighted by molar-refractivity contribution is 6.26. The van der Waals surface area contributed by atoms with E-state index in [1.54, 1.807) is 12.1 Å². The molecule has 2 aromatic rings. The number of ketones is 1. The third kappa shape index (κ3) is 3.04. The van der Waals surface area contributed by atoms with Crippen LogP contribution in [0.5, 0.6) is 0 Å². The van der Waals surface area contributed by atoms with Crippen LogP contribution in [-0.4, -0.2) is 23.1 Å². The molecule has 2 saturated heterocycles. The number of hydrogen-bond acceptors (Lipinski definition) is 5. The highest BCUT2D eigenvalue weighted by Crippen LogP contribution is 2.58. The predicted molar refractivity (Wildman–Crippen MR) is 123 cm³/mol. The summed E-state index contributed by atoms with van der Waals surface area (Å²) in [7, 11) is 0. The van der Waals surface area contributed by atoms with Crippen molar-refractivity contribution in [3.8, 4) is 12.1 Å². The molecule has 0 spiro atoms. The average molecular weight is 439 g/mol. The molecule has 5 heteroatoms. The maximum absolute atomic E-state index is 13.7. The number of carbonyl (C=O) groups excluding carboxylic acids is 1. The number of carbonyl (C=O) groups is 1. The van der Waals surface area contributed by atoms with Crippen LogP contribution in [0.2, 0.25) is 0 Å². The summed E-state index contributed by atoms with van der Waals surface area (Å²) in [5.41, 5.74) is 6.35. The fourth-order valence-corrected chi connectivity index (χ4v) is 6.24. The Kier molecular flexibility index (Phi) is 5.11. The molecule has 1 unspecified atom stereocenters. The zero-order chi connectivity index (χ0) is 23.4. The second-order valence-electron chi connectivity index (χ2n) is 9.35. The minimum absolute atomic E-state index is 0.00533. The number of rotatable bonds is 4. The molecule has 0 aromatic heterocycles. The molecule has 3 aliphatic rings. The van der Waals surface area contributed by atoms with Gasteiger partial charge in [0.1, 0.15) is 17.9 Å². The van der Waals surface area contributed by atoms with Gasteiger partial charge in [0.25, 0.3) is 0 Å². The first-order valence-corrected chi connectivity index (χ1v) is 11.6. The number of allylic oxidation sites excluding steroid dienone is 1. The Morgan fingerprint density at radius 3 is 2.30 bits per heavy atom. The van der Waals surface area contributed by atoms with Gasteiger partial charge in [-0.05, 0) is 60.6 Å². The van der Waals surface area contributed by atoms with Crippen molar-refractivity contribution in [3.05, 3.63) is 75.0 Å². The molecule has 2 aromatic carbocycles. The first-order valence-electron chi connectivity index (χ1n) is 11.6. The number of fused-ring (bicyclic) bond motifs is 5. The van der Waals surface area contributed by atoms with E-state index in [-0.39, 0.29) is 41.5 Å². The molecule has 2 aliphatic heterocycles. The van der Waals surface area contributed by atoms with Crippen LogP contribution in [0.25, 0.3) is 5.57 Å². The van der Waals surface area contributed by atoms with Crippen LogP contribution in [-0.2, 0) is 22.4 Å². The SMILES string of the molecule is CCc1cc(C)cc(CC)c1C1=C(O)[C@@H]2[C@@H]3OC(C[C@H]3c3ccc(C#N)c(C#N)c3)[C@@H]2C1=O. The summed E-state index contributed by atoms with van der Waals surface area (Å²) in [6.07, 6.45) is 1.68. The highest BCUT2D eigenvalue weighted by atomic mass is 16.5. The van der Waals surface area contributed by atoms with Crippen molar-refractivity contribution in [1.82, 2.24) is 0 Å². The molecule has 166 valence electrons. The number of ether oxygens (including phenoxy) is 1. The first kappa shape index (κ1) is 21.4. The number of nitrogens with zero attached hydrogens (tertiary/aromatic N) is 2. The Morgan fingerprint density at radius 2 is 1.70 bits per heavy atom. The van der Waals surface area contributed by atoms with E-state index < -0.39 is 0 Å². The molecule has 33 heavy (non-hydrogen) atoms. The Bertz CT molecular complexity index is 1270. The molecule has 2 bridgehead atoms. The van der Waals surface area contributed by atoms with Crippen LogP contribution in [0.15, 0.2) is 36.1 Å². The van der Waals surface area contributed by atoms with Gasteiger partial charge in [-0.2, -0.15) is 10.5 Å². The Labute approximate surface area is 193 Å². The number of nitriles is 2. The third-order valence-electron chi connectivity index (χ3n) is 7.65. The van der Waals surface area contributed by atoms with Crippen LogP contribution in [0.4, 0.5) is 0 Å². The van der Waals surface area contributed by atoms with Gasteiger partial charge in [0.15, 0.2) is 5.78 Å². The van der Waals surface area contributed by atoms with Crippen molar-refractivity contribution in [2.24, 2.45) is 11.8 Å². The minimum atomic E-state index is -0.367. The van der Waals surface area contributed by atoms with Crippen molar-refractivity contribution in [1.29, 1.82) is 10.5 Å². The van der Waals surface area contributed by atoms with Gasteiger partial charge in [-0.1, -0.05) is 37.6 Å². The number of aliphatic hydroxyl groups excluding tert-OH is 1. The summed E-state index contributed by atoms with van der Waals surface area (Å²) in [5.74, 6) is -0.600. The van der Waals surface area contributed by atoms with E-state index in [0.717, 1.165) is 40.7 Å². The summed E-state index contributed by atoms with van der Waals surface area (Å²) in [6.45, 7) is 6.22. The van der Waals surface area contributed by atoms with Crippen molar-refractivity contribution >= 4 is 11.4 Å². The third-order valence-corrected chi connectivity index (χ3v) is 7.65. The van der Waals surface area contributed by atoms with E-state index in [9.17, 15) is 20.4 Å². The van der Waals surface area contributed by atoms with E-state index in [1.807, 2.05) is 6.07 Å². The number of benzene rings is 2. The van der Waals surface area contributed by atoms with Crippen LogP contribution >= 0.6 is 0 Å². The Balaban J connectivity index is 1.58. The van der Waals surface area contributed by atoms with Gasteiger partial charge in [-0.3, -0.25) is 4.79 Å². The van der Waals surface area contributed by atoms with Gasteiger partial charge in [0.2, 0.25) is 0 Å². The second-order valence-corrected chi connectivity index (χ2v) is 9.35. The minimum Gasteiger partial charge on any atom is -0.511 e. The van der Waals surface area contributed by atoms with E-state index >= 15 is 0 Å². The van der Waals surface area contributed by atoms with Gasteiger partial charge in [-0.25, -0.2) is 0 Å². The van der Waals surface area contributed by atoms with Gasteiger partial charge < -0.3 is 9.84 Å². The van der Waals surface area contributed by atoms with Gasteiger partial charge in [0.05, 0.1) is 40.7 Å². The van der Waals surface area contributed by atoms with Crippen molar-refractivity contribution < 1.29 is 14.6 Å². The molecule has 5 rings (SSSR count). The van der Waals surface area contributed by atoms with Crippen LogP contribution in [0.1, 0.15) is 65.1 Å². The summed E-state index contributed by atoms with van der Waals surface area (Å²) in [6, 6.07) is 13.7. The largest absolute Gasteiger partial charge is 0.511 e. The monoisotopic (exact) mass is 438 g/mol. The fourth-order valence-electron chi connectivity index (χ4n) is 6.24. The number of hydrogen-bond donors (Lipinski definition) is 1. The quantitative estimate of drug-likeness (QED) is 0.732. The Morgan fingerprint density at radius 1 is 1.03 bits per heavy atom. The molecular weight excluding hydrogens is 412 g/mol. The molecule has 0 amide bonds. The van der Waals surface area contributed by atoms with Gasteiger partial charge in [-0.15, -0.1) is 0 Å². The lowest BCUT2D eigenvalue weighted by atomic mass is 9.72.